The molecule has 5 heterocycles. The first-order chi connectivity index (χ1) is 20.8. The summed E-state index contributed by atoms with van der Waals surface area (Å²) in [5.74, 6) is -1.42. The molecule has 5 rings (SSSR count). The zero-order valence-corrected chi connectivity index (χ0v) is 25.7. The fourth-order valence-corrected chi connectivity index (χ4v) is 8.61. The lowest BCUT2D eigenvalue weighted by Crippen LogP contribution is -2.70. The number of pyridine rings is 1. The molecule has 15 nitrogen and oxygen atoms in total. The van der Waals surface area contributed by atoms with E-state index in [0.717, 1.165) is 46.4 Å². The van der Waals surface area contributed by atoms with Crippen molar-refractivity contribution < 1.29 is 24.3 Å². The van der Waals surface area contributed by atoms with Crippen molar-refractivity contribution >= 4 is 75.6 Å². The second-order valence-corrected chi connectivity index (χ2v) is 13.6. The lowest BCUT2D eigenvalue weighted by molar-refractivity contribution is -0.150. The van der Waals surface area contributed by atoms with E-state index in [0.29, 0.717) is 23.0 Å². The summed E-state index contributed by atoms with van der Waals surface area (Å²) in [6, 6.07) is 0.843. The van der Waals surface area contributed by atoms with Crippen LogP contribution in [0.4, 0.5) is 5.13 Å². The Kier molecular flexibility index (Phi) is 10.2. The van der Waals surface area contributed by atoms with E-state index in [1.807, 2.05) is 6.07 Å². The van der Waals surface area contributed by atoms with Gasteiger partial charge in [-0.15, -0.1) is 16.7 Å². The van der Waals surface area contributed by atoms with Crippen molar-refractivity contribution in [3.63, 3.8) is 0 Å². The normalized spacial score (nSPS) is 22.0. The smallest absolute Gasteiger partial charge is 0.353 e. The summed E-state index contributed by atoms with van der Waals surface area (Å²) >= 11 is 4.93. The van der Waals surface area contributed by atoms with Gasteiger partial charge in [0.15, 0.2) is 11.0 Å². The average Bonchev–Trinajstić information content (AvgIpc) is 3.69. The van der Waals surface area contributed by atoms with Gasteiger partial charge in [0.2, 0.25) is 11.9 Å². The number of aliphatic carboxylic acids is 1. The highest BCUT2D eigenvalue weighted by Crippen LogP contribution is 2.46. The average molecular weight is 666 g/mol. The van der Waals surface area contributed by atoms with Gasteiger partial charge in [0.25, 0.3) is 11.8 Å². The van der Waals surface area contributed by atoms with E-state index < -0.39 is 35.2 Å². The van der Waals surface area contributed by atoms with Crippen LogP contribution in [-0.2, 0) is 24.9 Å². The largest absolute Gasteiger partial charge is 0.477 e. The number of carboxylic acids is 1. The second-order valence-electron chi connectivity index (χ2n) is 9.51. The number of rotatable bonds is 13. The summed E-state index contributed by atoms with van der Waals surface area (Å²) in [5, 5.41) is 20.8. The zero-order valence-electron chi connectivity index (χ0n) is 22.4. The Morgan fingerprint density at radius 2 is 2.19 bits per heavy atom. The van der Waals surface area contributed by atoms with Crippen LogP contribution in [0.3, 0.4) is 0 Å². The van der Waals surface area contributed by atoms with Crippen LogP contribution in [0.5, 0.6) is 0 Å². The van der Waals surface area contributed by atoms with E-state index in [9.17, 15) is 29.2 Å². The standard InChI is InChI=1S/C24H27N9O6S4/c25-24-30-18(32-43-24)15(31-39)20(35)29-16-21(36)33-17(23(37)38)14(10-41-22(16)33)42-13-4-2-6-27-12(13)9-40-8-7-28-19(34)11-3-1-5-26-11/h2,4,6,11,15-16,22,26H,1,3,5,7-10H2,(H,28,34)(H,29,35)(H,37,38)(H2,25,30,32)/t11-,15?,16?,22?/m0/s1. The highest BCUT2D eigenvalue weighted by molar-refractivity contribution is 8.06. The zero-order chi connectivity index (χ0) is 30.5. The summed E-state index contributed by atoms with van der Waals surface area (Å²) in [6.07, 6.45) is 3.50. The number of aromatic nitrogens is 3. The van der Waals surface area contributed by atoms with Crippen molar-refractivity contribution in [1.29, 1.82) is 0 Å². The van der Waals surface area contributed by atoms with Crippen molar-refractivity contribution in [1.82, 2.24) is 35.2 Å². The fourth-order valence-electron chi connectivity index (χ4n) is 4.68. The van der Waals surface area contributed by atoms with Crippen molar-refractivity contribution in [3.05, 3.63) is 45.4 Å². The number of amides is 3. The second kappa shape index (κ2) is 14.0. The van der Waals surface area contributed by atoms with Crippen LogP contribution in [0.25, 0.3) is 0 Å². The van der Waals surface area contributed by atoms with E-state index in [1.54, 1.807) is 24.0 Å². The number of hydrogen-bond donors (Lipinski definition) is 5. The molecule has 2 saturated heterocycles. The monoisotopic (exact) mass is 665 g/mol. The number of nitroso groups, excluding NO2 is 1. The molecule has 0 aromatic carbocycles. The predicted octanol–water partition coefficient (Wildman–Crippen LogP) is 0.913. The maximum absolute atomic E-state index is 13.1. The molecule has 19 heteroatoms. The number of hydrogen-bond acceptors (Lipinski definition) is 15. The van der Waals surface area contributed by atoms with E-state index >= 15 is 0 Å². The van der Waals surface area contributed by atoms with Gasteiger partial charge in [-0.25, -0.2) is 9.78 Å². The van der Waals surface area contributed by atoms with Gasteiger partial charge in [0, 0.05) is 51.3 Å². The lowest BCUT2D eigenvalue weighted by atomic mass is 10.0. The molecule has 228 valence electrons. The van der Waals surface area contributed by atoms with Gasteiger partial charge in [-0.3, -0.25) is 24.3 Å². The minimum Gasteiger partial charge on any atom is -0.477 e. The summed E-state index contributed by atoms with van der Waals surface area (Å²) in [7, 11) is 0. The van der Waals surface area contributed by atoms with Crippen LogP contribution in [0.15, 0.2) is 39.0 Å². The highest BCUT2D eigenvalue weighted by Gasteiger charge is 2.55. The van der Waals surface area contributed by atoms with Crippen molar-refractivity contribution in [2.24, 2.45) is 5.18 Å². The molecule has 3 amide bonds. The molecular weight excluding hydrogens is 639 g/mol. The van der Waals surface area contributed by atoms with E-state index in [4.69, 9.17) is 5.73 Å². The number of nitrogen functional groups attached to an aromatic ring is 1. The minimum absolute atomic E-state index is 0.0117. The number of anilines is 1. The van der Waals surface area contributed by atoms with Gasteiger partial charge < -0.3 is 26.8 Å². The maximum Gasteiger partial charge on any atom is 0.353 e. The van der Waals surface area contributed by atoms with Gasteiger partial charge >= 0.3 is 5.97 Å². The number of fused-ring (bicyclic) bond motifs is 1. The summed E-state index contributed by atoms with van der Waals surface area (Å²) in [6.45, 7) is 1.38. The van der Waals surface area contributed by atoms with Crippen LogP contribution < -0.4 is 21.7 Å². The molecule has 0 aliphatic carbocycles. The number of carbonyl (C=O) groups excluding carboxylic acids is 3. The predicted molar refractivity (Wildman–Crippen MR) is 163 cm³/mol. The number of nitrogens with two attached hydrogens (primary N) is 1. The Balaban J connectivity index is 1.20. The third kappa shape index (κ3) is 6.95. The Bertz CT molecular complexity index is 1450. The van der Waals surface area contributed by atoms with E-state index in [1.165, 1.54) is 23.5 Å². The first kappa shape index (κ1) is 31.2. The number of carboxylic acid groups (broad SMARTS) is 1. The summed E-state index contributed by atoms with van der Waals surface area (Å²) in [5.41, 5.74) is 6.13. The highest BCUT2D eigenvalue weighted by atomic mass is 32.2. The Labute approximate surface area is 262 Å². The molecule has 0 bridgehead atoms. The molecule has 43 heavy (non-hydrogen) atoms. The first-order valence-electron chi connectivity index (χ1n) is 13.1. The quantitative estimate of drug-likeness (QED) is 0.114. The summed E-state index contributed by atoms with van der Waals surface area (Å²) < 4.78 is 3.84. The van der Waals surface area contributed by atoms with Gasteiger partial charge in [0.1, 0.15) is 17.1 Å². The SMILES string of the molecule is Nc1nc(C(N=O)C(=O)NC2C(=O)N3C(C(=O)O)=C(Sc4cccnc4CSCCNC(=O)[C@@H]4CCCN4)CSC23)ns1. The van der Waals surface area contributed by atoms with Crippen LogP contribution in [-0.4, -0.2) is 90.1 Å². The van der Waals surface area contributed by atoms with Crippen molar-refractivity contribution in [3.8, 4) is 0 Å². The molecule has 2 aromatic rings. The molecule has 3 aliphatic rings. The Morgan fingerprint density at radius 3 is 2.88 bits per heavy atom. The van der Waals surface area contributed by atoms with E-state index in [-0.39, 0.29) is 34.4 Å². The van der Waals surface area contributed by atoms with Gasteiger partial charge in [-0.1, -0.05) is 11.8 Å². The molecule has 0 radical (unpaired) electrons. The van der Waals surface area contributed by atoms with Crippen LogP contribution in [0.2, 0.25) is 0 Å². The van der Waals surface area contributed by atoms with Crippen LogP contribution in [0.1, 0.15) is 30.4 Å². The number of thioether (sulfide) groups is 3. The molecule has 2 fully saturated rings. The summed E-state index contributed by atoms with van der Waals surface area (Å²) in [4.78, 5) is 72.3. The molecule has 2 aromatic heterocycles. The van der Waals surface area contributed by atoms with Gasteiger partial charge in [-0.05, 0) is 36.7 Å². The topological polar surface area (TPSA) is 222 Å². The third-order valence-electron chi connectivity index (χ3n) is 6.73. The van der Waals surface area contributed by atoms with Crippen molar-refractivity contribution in [2.45, 2.75) is 47.0 Å². The minimum atomic E-state index is -1.59. The molecule has 3 aliphatic heterocycles. The first-order valence-corrected chi connectivity index (χ1v) is 16.9. The van der Waals surface area contributed by atoms with Crippen molar-refractivity contribution in [2.75, 3.05) is 30.3 Å². The third-order valence-corrected chi connectivity index (χ3v) is 10.9. The fraction of sp³-hybridized carbons (Fsp3) is 0.458. The Hall–Kier alpha value is -3.26. The molecule has 0 saturated carbocycles. The Morgan fingerprint density at radius 1 is 1.35 bits per heavy atom. The number of β-lactam (4-membered cyclic amide) rings is 1. The lowest BCUT2D eigenvalue weighted by Gasteiger charge is -2.49. The van der Waals surface area contributed by atoms with Crippen LogP contribution in [0, 0.1) is 4.91 Å². The number of nitrogens with one attached hydrogen (secondary N) is 3. The molecule has 4 atom stereocenters. The number of nitrogens with zero attached hydrogens (tertiary/aromatic N) is 5. The molecule has 0 spiro atoms. The van der Waals surface area contributed by atoms with Gasteiger partial charge in [-0.2, -0.15) is 16.1 Å². The van der Waals surface area contributed by atoms with Crippen LogP contribution >= 0.6 is 46.8 Å². The molecule has 6 N–H and O–H groups in total. The molecular formula is C24H27N9O6S4. The number of carbonyl (C=O) groups is 4. The molecule has 3 unspecified atom stereocenters. The maximum atomic E-state index is 13.1. The van der Waals surface area contributed by atoms with Gasteiger partial charge in [0.05, 0.1) is 11.7 Å². The van der Waals surface area contributed by atoms with E-state index in [2.05, 4.69) is 35.5 Å².